The predicted molar refractivity (Wildman–Crippen MR) is 56.4 cm³/mol. The Morgan fingerprint density at radius 3 is 2.43 bits per heavy atom. The molecule has 1 atom stereocenters. The van der Waals surface area contributed by atoms with Gasteiger partial charge in [-0.3, -0.25) is 0 Å². The van der Waals surface area contributed by atoms with E-state index in [0.29, 0.717) is 0 Å². The van der Waals surface area contributed by atoms with Crippen molar-refractivity contribution in [2.75, 3.05) is 6.54 Å². The van der Waals surface area contributed by atoms with Crippen molar-refractivity contribution in [2.45, 2.75) is 18.9 Å². The lowest BCUT2D eigenvalue weighted by Gasteiger charge is -2.11. The second kappa shape index (κ2) is 4.05. The van der Waals surface area contributed by atoms with E-state index in [9.17, 15) is 4.39 Å². The maximum atomic E-state index is 13.1. The highest BCUT2D eigenvalue weighted by Gasteiger charge is 2.18. The Balaban J connectivity index is 2.34. The van der Waals surface area contributed by atoms with Gasteiger partial charge in [-0.1, -0.05) is 23.2 Å². The fourth-order valence-electron chi connectivity index (χ4n) is 1.75. The van der Waals surface area contributed by atoms with E-state index in [1.165, 1.54) is 0 Å². The molecule has 1 saturated heterocycles. The summed E-state index contributed by atoms with van der Waals surface area (Å²) in [6.45, 7) is 0.997. The van der Waals surface area contributed by atoms with Gasteiger partial charge < -0.3 is 5.32 Å². The Bertz CT molecular complexity index is 325. The minimum absolute atomic E-state index is 0.0983. The van der Waals surface area contributed by atoms with Gasteiger partial charge in [-0.25, -0.2) is 4.39 Å². The molecule has 14 heavy (non-hydrogen) atoms. The second-order valence-electron chi connectivity index (χ2n) is 3.45. The maximum Gasteiger partial charge on any atom is 0.160 e. The number of hydrogen-bond acceptors (Lipinski definition) is 1. The zero-order chi connectivity index (χ0) is 10.1. The molecule has 1 nitrogen and oxygen atoms in total. The summed E-state index contributed by atoms with van der Waals surface area (Å²) >= 11 is 11.4. The van der Waals surface area contributed by atoms with Gasteiger partial charge in [0.05, 0.1) is 10.0 Å². The first-order chi connectivity index (χ1) is 6.68. The van der Waals surface area contributed by atoms with E-state index in [-0.39, 0.29) is 16.1 Å². The molecule has 0 saturated carbocycles. The number of hydrogen-bond donors (Lipinski definition) is 1. The van der Waals surface area contributed by atoms with Crippen LogP contribution in [-0.2, 0) is 0 Å². The van der Waals surface area contributed by atoms with Gasteiger partial charge in [0.2, 0.25) is 0 Å². The number of benzene rings is 1. The zero-order valence-corrected chi connectivity index (χ0v) is 9.00. The van der Waals surface area contributed by atoms with Crippen LogP contribution >= 0.6 is 23.2 Å². The summed E-state index contributed by atoms with van der Waals surface area (Å²) in [4.78, 5) is 0. The highest BCUT2D eigenvalue weighted by molar-refractivity contribution is 6.35. The van der Waals surface area contributed by atoms with Crippen LogP contribution in [0.1, 0.15) is 24.4 Å². The second-order valence-corrected chi connectivity index (χ2v) is 4.26. The Hall–Kier alpha value is -0.310. The normalized spacial score (nSPS) is 21.5. The fraction of sp³-hybridized carbons (Fsp3) is 0.400. The van der Waals surface area contributed by atoms with Gasteiger partial charge in [-0.05, 0) is 37.1 Å². The maximum absolute atomic E-state index is 13.1. The summed E-state index contributed by atoms with van der Waals surface area (Å²) < 4.78 is 13.1. The minimum Gasteiger partial charge on any atom is -0.310 e. The first-order valence-electron chi connectivity index (χ1n) is 4.56. The first kappa shape index (κ1) is 10.2. The quantitative estimate of drug-likeness (QED) is 0.732. The fourth-order valence-corrected chi connectivity index (χ4v) is 2.25. The topological polar surface area (TPSA) is 12.0 Å². The van der Waals surface area contributed by atoms with Gasteiger partial charge in [-0.15, -0.1) is 0 Å². The highest BCUT2D eigenvalue weighted by atomic mass is 35.5. The van der Waals surface area contributed by atoms with Crippen LogP contribution in [0.15, 0.2) is 12.1 Å². The third-order valence-corrected chi connectivity index (χ3v) is 3.02. The van der Waals surface area contributed by atoms with E-state index in [4.69, 9.17) is 23.2 Å². The lowest BCUT2D eigenvalue weighted by molar-refractivity contribution is 0.618. The van der Waals surface area contributed by atoms with Crippen molar-refractivity contribution in [3.8, 4) is 0 Å². The molecule has 4 heteroatoms. The van der Waals surface area contributed by atoms with Crippen LogP contribution in [0.4, 0.5) is 4.39 Å². The molecule has 1 aromatic carbocycles. The van der Waals surface area contributed by atoms with E-state index >= 15 is 0 Å². The van der Waals surface area contributed by atoms with E-state index < -0.39 is 5.82 Å². The Morgan fingerprint density at radius 2 is 1.93 bits per heavy atom. The van der Waals surface area contributed by atoms with E-state index in [0.717, 1.165) is 24.9 Å². The molecular weight excluding hydrogens is 224 g/mol. The minimum atomic E-state index is -0.532. The van der Waals surface area contributed by atoms with Gasteiger partial charge in [0.25, 0.3) is 0 Å². The lowest BCUT2D eigenvalue weighted by Crippen LogP contribution is -2.12. The van der Waals surface area contributed by atoms with Gasteiger partial charge >= 0.3 is 0 Å². The molecule has 0 aromatic heterocycles. The monoisotopic (exact) mass is 233 g/mol. The summed E-state index contributed by atoms with van der Waals surface area (Å²) in [5.41, 5.74) is 0.971. The third kappa shape index (κ3) is 1.88. The van der Waals surface area contributed by atoms with Gasteiger partial charge in [-0.2, -0.15) is 0 Å². The molecule has 1 aromatic rings. The molecular formula is C10H10Cl2FN. The van der Waals surface area contributed by atoms with Crippen molar-refractivity contribution >= 4 is 23.2 Å². The molecule has 0 bridgehead atoms. The van der Waals surface area contributed by atoms with E-state index in [2.05, 4.69) is 5.32 Å². The third-order valence-electron chi connectivity index (χ3n) is 2.47. The van der Waals surface area contributed by atoms with Crippen LogP contribution in [0, 0.1) is 5.82 Å². The number of rotatable bonds is 1. The molecule has 1 aliphatic rings. The van der Waals surface area contributed by atoms with Crippen LogP contribution in [0.5, 0.6) is 0 Å². The summed E-state index contributed by atoms with van der Waals surface area (Å²) in [7, 11) is 0. The van der Waals surface area contributed by atoms with E-state index in [1.807, 2.05) is 0 Å². The Kier molecular flexibility index (Phi) is 2.96. The molecule has 0 amide bonds. The molecule has 1 fully saturated rings. The van der Waals surface area contributed by atoms with Crippen LogP contribution in [0.2, 0.25) is 10.0 Å². The van der Waals surface area contributed by atoms with Crippen molar-refractivity contribution in [3.63, 3.8) is 0 Å². The smallest absolute Gasteiger partial charge is 0.160 e. The van der Waals surface area contributed by atoms with Crippen LogP contribution in [0.3, 0.4) is 0 Å². The molecule has 0 radical (unpaired) electrons. The lowest BCUT2D eigenvalue weighted by atomic mass is 10.1. The molecule has 76 valence electrons. The number of halogens is 3. The molecule has 0 unspecified atom stereocenters. The van der Waals surface area contributed by atoms with Crippen molar-refractivity contribution in [1.29, 1.82) is 0 Å². The molecule has 1 N–H and O–H groups in total. The van der Waals surface area contributed by atoms with Gasteiger partial charge in [0.15, 0.2) is 5.82 Å². The van der Waals surface area contributed by atoms with Crippen LogP contribution in [-0.4, -0.2) is 6.54 Å². The molecule has 0 spiro atoms. The number of nitrogens with one attached hydrogen (secondary N) is 1. The highest BCUT2D eigenvalue weighted by Crippen LogP contribution is 2.30. The van der Waals surface area contributed by atoms with Gasteiger partial charge in [0.1, 0.15) is 0 Å². The van der Waals surface area contributed by atoms with Crippen molar-refractivity contribution in [3.05, 3.63) is 33.6 Å². The molecule has 0 aliphatic carbocycles. The standard InChI is InChI=1S/C10H10Cl2FN/c11-7-4-6(5-8(12)10(7)13)9-2-1-3-14-9/h4-5,9,14H,1-3H2/t9-/m0/s1. The Morgan fingerprint density at radius 1 is 1.29 bits per heavy atom. The predicted octanol–water partition coefficient (Wildman–Crippen LogP) is 3.56. The molecule has 1 aliphatic heterocycles. The van der Waals surface area contributed by atoms with Gasteiger partial charge in [0, 0.05) is 6.04 Å². The summed E-state index contributed by atoms with van der Waals surface area (Å²) in [5, 5.41) is 3.50. The van der Waals surface area contributed by atoms with E-state index in [1.54, 1.807) is 12.1 Å². The summed E-state index contributed by atoms with van der Waals surface area (Å²) in [5.74, 6) is -0.532. The SMILES string of the molecule is Fc1c(Cl)cc([C@@H]2CCCN2)cc1Cl. The average Bonchev–Trinajstić information content (AvgIpc) is 2.66. The molecule has 2 rings (SSSR count). The largest absolute Gasteiger partial charge is 0.310 e. The first-order valence-corrected chi connectivity index (χ1v) is 5.32. The van der Waals surface area contributed by atoms with Crippen molar-refractivity contribution in [1.82, 2.24) is 5.32 Å². The van der Waals surface area contributed by atoms with Crippen molar-refractivity contribution < 1.29 is 4.39 Å². The summed E-state index contributed by atoms with van der Waals surface area (Å²) in [6.07, 6.45) is 2.19. The van der Waals surface area contributed by atoms with Crippen LogP contribution < -0.4 is 5.32 Å². The van der Waals surface area contributed by atoms with Crippen molar-refractivity contribution in [2.24, 2.45) is 0 Å². The summed E-state index contributed by atoms with van der Waals surface area (Å²) in [6, 6.07) is 3.56. The molecule has 1 heterocycles. The van der Waals surface area contributed by atoms with Crippen LogP contribution in [0.25, 0.3) is 0 Å². The zero-order valence-electron chi connectivity index (χ0n) is 7.49. The average molecular weight is 234 g/mol. The Labute approximate surface area is 92.2 Å².